The molecule has 0 aliphatic carbocycles. The summed E-state index contributed by atoms with van der Waals surface area (Å²) in [5.74, 6) is 0.130. The standard InChI is InChI=1S/C12H15ClFNO/c1-3-6-15-8-9(2)16-10-4-5-12(14)11(13)7-10/h3-5,7,9,15H,1,6,8H2,2H3. The van der Waals surface area contributed by atoms with Gasteiger partial charge in [-0.15, -0.1) is 6.58 Å². The third-order valence-corrected chi connectivity index (χ3v) is 2.24. The second-order valence-electron chi connectivity index (χ2n) is 3.45. The van der Waals surface area contributed by atoms with Crippen molar-refractivity contribution in [3.8, 4) is 5.75 Å². The van der Waals surface area contributed by atoms with Gasteiger partial charge in [-0.2, -0.15) is 0 Å². The number of rotatable bonds is 6. The van der Waals surface area contributed by atoms with Crippen LogP contribution in [0.2, 0.25) is 5.02 Å². The minimum absolute atomic E-state index is 0.0125. The van der Waals surface area contributed by atoms with Gasteiger partial charge >= 0.3 is 0 Å². The van der Waals surface area contributed by atoms with Gasteiger partial charge in [-0.1, -0.05) is 17.7 Å². The van der Waals surface area contributed by atoms with Crippen LogP contribution >= 0.6 is 11.6 Å². The summed E-state index contributed by atoms with van der Waals surface area (Å²) >= 11 is 5.64. The summed E-state index contributed by atoms with van der Waals surface area (Å²) in [5, 5.41) is 3.20. The molecule has 1 aromatic rings. The fourth-order valence-electron chi connectivity index (χ4n) is 1.21. The first kappa shape index (κ1) is 13.0. The molecule has 0 spiro atoms. The van der Waals surface area contributed by atoms with E-state index in [-0.39, 0.29) is 11.1 Å². The maximum atomic E-state index is 12.9. The molecule has 88 valence electrons. The van der Waals surface area contributed by atoms with E-state index in [0.717, 1.165) is 6.54 Å². The van der Waals surface area contributed by atoms with Crippen LogP contribution in [0.3, 0.4) is 0 Å². The molecular formula is C12H15ClFNO. The van der Waals surface area contributed by atoms with Crippen molar-refractivity contribution in [3.63, 3.8) is 0 Å². The van der Waals surface area contributed by atoms with Crippen molar-refractivity contribution in [2.75, 3.05) is 13.1 Å². The minimum atomic E-state index is -0.438. The highest BCUT2D eigenvalue weighted by atomic mass is 35.5. The maximum absolute atomic E-state index is 12.9. The molecule has 1 aromatic carbocycles. The molecule has 0 aromatic heterocycles. The lowest BCUT2D eigenvalue weighted by molar-refractivity contribution is 0.219. The molecule has 1 N–H and O–H groups in total. The van der Waals surface area contributed by atoms with E-state index in [0.29, 0.717) is 12.3 Å². The first-order valence-electron chi connectivity index (χ1n) is 5.07. The second-order valence-corrected chi connectivity index (χ2v) is 3.86. The summed E-state index contributed by atoms with van der Waals surface area (Å²) in [7, 11) is 0. The van der Waals surface area contributed by atoms with E-state index in [1.165, 1.54) is 12.1 Å². The van der Waals surface area contributed by atoms with Crippen LogP contribution in [0.4, 0.5) is 4.39 Å². The maximum Gasteiger partial charge on any atom is 0.142 e. The van der Waals surface area contributed by atoms with Crippen molar-refractivity contribution in [1.82, 2.24) is 5.32 Å². The zero-order valence-electron chi connectivity index (χ0n) is 9.17. The smallest absolute Gasteiger partial charge is 0.142 e. The Morgan fingerprint density at radius 3 is 3.00 bits per heavy atom. The Balaban J connectivity index is 2.46. The molecule has 0 bridgehead atoms. The molecule has 0 heterocycles. The van der Waals surface area contributed by atoms with Gasteiger partial charge in [-0.05, 0) is 19.1 Å². The van der Waals surface area contributed by atoms with Crippen LogP contribution in [-0.4, -0.2) is 19.2 Å². The molecule has 0 aliphatic rings. The molecular weight excluding hydrogens is 229 g/mol. The Labute approximate surface area is 100 Å². The summed E-state index contributed by atoms with van der Waals surface area (Å²) in [6, 6.07) is 4.33. The Morgan fingerprint density at radius 2 is 2.38 bits per heavy atom. The molecule has 0 saturated heterocycles. The predicted octanol–water partition coefficient (Wildman–Crippen LogP) is 3.02. The van der Waals surface area contributed by atoms with E-state index in [4.69, 9.17) is 16.3 Å². The zero-order valence-corrected chi connectivity index (χ0v) is 9.93. The molecule has 0 amide bonds. The molecule has 4 heteroatoms. The van der Waals surface area contributed by atoms with Crippen LogP contribution < -0.4 is 10.1 Å². The topological polar surface area (TPSA) is 21.3 Å². The molecule has 0 fully saturated rings. The summed E-state index contributed by atoms with van der Waals surface area (Å²) in [6.45, 7) is 6.95. The van der Waals surface area contributed by atoms with E-state index < -0.39 is 5.82 Å². The fourth-order valence-corrected chi connectivity index (χ4v) is 1.38. The van der Waals surface area contributed by atoms with Crippen molar-refractivity contribution in [1.29, 1.82) is 0 Å². The van der Waals surface area contributed by atoms with E-state index in [9.17, 15) is 4.39 Å². The van der Waals surface area contributed by atoms with Crippen molar-refractivity contribution in [2.45, 2.75) is 13.0 Å². The lowest BCUT2D eigenvalue weighted by atomic mass is 10.3. The van der Waals surface area contributed by atoms with Crippen molar-refractivity contribution in [3.05, 3.63) is 41.7 Å². The molecule has 16 heavy (non-hydrogen) atoms. The lowest BCUT2D eigenvalue weighted by Gasteiger charge is -2.15. The van der Waals surface area contributed by atoms with Gasteiger partial charge in [0.1, 0.15) is 17.7 Å². The van der Waals surface area contributed by atoms with Gasteiger partial charge in [-0.25, -0.2) is 4.39 Å². The SMILES string of the molecule is C=CCNCC(C)Oc1ccc(F)c(Cl)c1. The number of hydrogen-bond donors (Lipinski definition) is 1. The van der Waals surface area contributed by atoms with E-state index in [2.05, 4.69) is 11.9 Å². The molecule has 1 atom stereocenters. The van der Waals surface area contributed by atoms with Crippen LogP contribution in [0.1, 0.15) is 6.92 Å². The Hall–Kier alpha value is -1.06. The third kappa shape index (κ3) is 4.21. The normalized spacial score (nSPS) is 12.2. The quantitative estimate of drug-likeness (QED) is 0.613. The highest BCUT2D eigenvalue weighted by Crippen LogP contribution is 2.21. The number of ether oxygens (including phenoxy) is 1. The first-order valence-corrected chi connectivity index (χ1v) is 5.44. The van der Waals surface area contributed by atoms with Crippen LogP contribution in [0, 0.1) is 5.82 Å². The minimum Gasteiger partial charge on any atom is -0.489 e. The molecule has 2 nitrogen and oxygen atoms in total. The fraction of sp³-hybridized carbons (Fsp3) is 0.333. The monoisotopic (exact) mass is 243 g/mol. The van der Waals surface area contributed by atoms with E-state index in [1.54, 1.807) is 12.1 Å². The number of halogens is 2. The first-order chi connectivity index (χ1) is 7.63. The molecule has 0 radical (unpaired) electrons. The average molecular weight is 244 g/mol. The number of hydrogen-bond acceptors (Lipinski definition) is 2. The van der Waals surface area contributed by atoms with Gasteiger partial charge in [-0.3, -0.25) is 0 Å². The molecule has 0 saturated carbocycles. The van der Waals surface area contributed by atoms with Crippen LogP contribution in [-0.2, 0) is 0 Å². The summed E-state index contributed by atoms with van der Waals surface area (Å²) in [4.78, 5) is 0. The van der Waals surface area contributed by atoms with Crippen LogP contribution in [0.5, 0.6) is 5.75 Å². The highest BCUT2D eigenvalue weighted by Gasteiger charge is 2.05. The van der Waals surface area contributed by atoms with Gasteiger partial charge in [0.15, 0.2) is 0 Å². The van der Waals surface area contributed by atoms with Crippen LogP contribution in [0.25, 0.3) is 0 Å². The van der Waals surface area contributed by atoms with Gasteiger partial charge in [0, 0.05) is 19.2 Å². The van der Waals surface area contributed by atoms with E-state index >= 15 is 0 Å². The van der Waals surface area contributed by atoms with Gasteiger partial charge in [0.25, 0.3) is 0 Å². The third-order valence-electron chi connectivity index (χ3n) is 1.95. The Bertz CT molecular complexity index is 357. The predicted molar refractivity (Wildman–Crippen MR) is 64.6 cm³/mol. The lowest BCUT2D eigenvalue weighted by Crippen LogP contribution is -2.28. The Kier molecular flexibility index (Phi) is 5.29. The van der Waals surface area contributed by atoms with E-state index in [1.807, 2.05) is 6.92 Å². The molecule has 0 aliphatic heterocycles. The largest absolute Gasteiger partial charge is 0.489 e. The summed E-state index contributed by atoms with van der Waals surface area (Å²) in [5.41, 5.74) is 0. The number of nitrogens with one attached hydrogen (secondary N) is 1. The summed E-state index contributed by atoms with van der Waals surface area (Å²) < 4.78 is 18.4. The molecule has 1 unspecified atom stereocenters. The van der Waals surface area contributed by atoms with Gasteiger partial charge < -0.3 is 10.1 Å². The second kappa shape index (κ2) is 6.51. The van der Waals surface area contributed by atoms with Gasteiger partial charge in [0.2, 0.25) is 0 Å². The highest BCUT2D eigenvalue weighted by molar-refractivity contribution is 6.30. The average Bonchev–Trinajstić information content (AvgIpc) is 2.24. The molecule has 1 rings (SSSR count). The number of benzene rings is 1. The summed E-state index contributed by atoms with van der Waals surface area (Å²) in [6.07, 6.45) is 1.77. The van der Waals surface area contributed by atoms with Crippen molar-refractivity contribution < 1.29 is 9.13 Å². The zero-order chi connectivity index (χ0) is 12.0. The van der Waals surface area contributed by atoms with Crippen molar-refractivity contribution in [2.24, 2.45) is 0 Å². The van der Waals surface area contributed by atoms with Gasteiger partial charge in [0.05, 0.1) is 5.02 Å². The van der Waals surface area contributed by atoms with Crippen molar-refractivity contribution >= 4 is 11.6 Å². The van der Waals surface area contributed by atoms with Crippen LogP contribution in [0.15, 0.2) is 30.9 Å². The Morgan fingerprint density at radius 1 is 1.62 bits per heavy atom.